The summed E-state index contributed by atoms with van der Waals surface area (Å²) in [7, 11) is 0. The molecule has 1 aromatic carbocycles. The Morgan fingerprint density at radius 1 is 1.39 bits per heavy atom. The SMILES string of the molecule is C[C@@H]1CCCC[C@H]1NC(=O)CO/N=C(\N)Cc1ccccc1Cl. The lowest BCUT2D eigenvalue weighted by atomic mass is 9.86. The molecule has 0 radical (unpaired) electrons. The van der Waals surface area contributed by atoms with E-state index in [0.29, 0.717) is 17.4 Å². The van der Waals surface area contributed by atoms with E-state index in [9.17, 15) is 4.79 Å². The van der Waals surface area contributed by atoms with Crippen molar-refractivity contribution in [2.45, 2.75) is 45.1 Å². The fraction of sp³-hybridized carbons (Fsp3) is 0.529. The van der Waals surface area contributed by atoms with Gasteiger partial charge in [-0.2, -0.15) is 0 Å². The number of hydrogen-bond donors (Lipinski definition) is 2. The largest absolute Gasteiger partial charge is 0.384 e. The Bertz CT molecular complexity index is 563. The fourth-order valence-electron chi connectivity index (χ4n) is 2.82. The Hall–Kier alpha value is -1.75. The number of rotatable bonds is 6. The van der Waals surface area contributed by atoms with Crippen molar-refractivity contribution in [1.29, 1.82) is 0 Å². The van der Waals surface area contributed by atoms with Gasteiger partial charge in [0.25, 0.3) is 5.91 Å². The highest BCUT2D eigenvalue weighted by Crippen LogP contribution is 2.23. The van der Waals surface area contributed by atoms with Gasteiger partial charge in [-0.1, -0.05) is 54.7 Å². The van der Waals surface area contributed by atoms with E-state index in [0.717, 1.165) is 18.4 Å². The van der Waals surface area contributed by atoms with E-state index in [2.05, 4.69) is 17.4 Å². The topological polar surface area (TPSA) is 76.7 Å². The predicted octanol–water partition coefficient (Wildman–Crippen LogP) is 2.87. The van der Waals surface area contributed by atoms with Gasteiger partial charge in [-0.15, -0.1) is 0 Å². The summed E-state index contributed by atoms with van der Waals surface area (Å²) in [5.41, 5.74) is 6.68. The smallest absolute Gasteiger partial charge is 0.261 e. The summed E-state index contributed by atoms with van der Waals surface area (Å²) in [6, 6.07) is 7.65. The van der Waals surface area contributed by atoms with Crippen LogP contribution in [0.4, 0.5) is 0 Å². The maximum Gasteiger partial charge on any atom is 0.261 e. The molecule has 0 saturated heterocycles. The molecule has 1 aromatic rings. The van der Waals surface area contributed by atoms with E-state index in [1.807, 2.05) is 18.2 Å². The molecule has 3 N–H and O–H groups in total. The van der Waals surface area contributed by atoms with Crippen LogP contribution >= 0.6 is 11.6 Å². The summed E-state index contributed by atoms with van der Waals surface area (Å²) < 4.78 is 0. The number of nitrogens with two attached hydrogens (primary N) is 1. The molecule has 2 atom stereocenters. The average molecular weight is 338 g/mol. The third-order valence-corrected chi connectivity index (χ3v) is 4.53. The van der Waals surface area contributed by atoms with Gasteiger partial charge in [0.1, 0.15) is 5.84 Å². The molecule has 0 bridgehead atoms. The van der Waals surface area contributed by atoms with Gasteiger partial charge in [0, 0.05) is 17.5 Å². The first-order valence-electron chi connectivity index (χ1n) is 8.03. The van der Waals surface area contributed by atoms with Crippen molar-refractivity contribution in [2.75, 3.05) is 6.61 Å². The molecule has 1 aliphatic carbocycles. The van der Waals surface area contributed by atoms with E-state index in [1.54, 1.807) is 6.07 Å². The highest BCUT2D eigenvalue weighted by Gasteiger charge is 2.22. The fourth-order valence-corrected chi connectivity index (χ4v) is 3.02. The molecule has 1 amide bonds. The molecule has 1 fully saturated rings. The number of benzene rings is 1. The summed E-state index contributed by atoms with van der Waals surface area (Å²) in [6.45, 7) is 2.05. The van der Waals surface area contributed by atoms with Crippen LogP contribution in [0.2, 0.25) is 5.02 Å². The van der Waals surface area contributed by atoms with Crippen LogP contribution in [-0.2, 0) is 16.1 Å². The van der Waals surface area contributed by atoms with Gasteiger partial charge in [0.05, 0.1) is 0 Å². The first-order valence-corrected chi connectivity index (χ1v) is 8.41. The number of carbonyl (C=O) groups is 1. The number of amides is 1. The van der Waals surface area contributed by atoms with E-state index >= 15 is 0 Å². The second kappa shape index (κ2) is 8.77. The minimum atomic E-state index is -0.155. The first-order chi connectivity index (χ1) is 11.1. The van der Waals surface area contributed by atoms with Gasteiger partial charge >= 0.3 is 0 Å². The summed E-state index contributed by atoms with van der Waals surface area (Å²) in [5, 5.41) is 7.43. The molecule has 0 aliphatic heterocycles. The lowest BCUT2D eigenvalue weighted by Gasteiger charge is -2.29. The molecule has 2 rings (SSSR count). The number of nitrogens with zero attached hydrogens (tertiary/aromatic N) is 1. The van der Waals surface area contributed by atoms with Crippen LogP contribution in [0, 0.1) is 5.92 Å². The summed E-state index contributed by atoms with van der Waals surface area (Å²) >= 11 is 6.06. The molecule has 0 spiro atoms. The van der Waals surface area contributed by atoms with E-state index in [-0.39, 0.29) is 24.4 Å². The van der Waals surface area contributed by atoms with E-state index in [4.69, 9.17) is 22.2 Å². The zero-order chi connectivity index (χ0) is 16.7. The maximum absolute atomic E-state index is 11.9. The normalized spacial score (nSPS) is 21.7. The zero-order valence-electron chi connectivity index (χ0n) is 13.4. The van der Waals surface area contributed by atoms with Gasteiger partial charge in [-0.05, 0) is 30.4 Å². The van der Waals surface area contributed by atoms with Crippen molar-refractivity contribution < 1.29 is 9.63 Å². The molecule has 0 aromatic heterocycles. The zero-order valence-corrected chi connectivity index (χ0v) is 14.2. The number of amidine groups is 1. The third kappa shape index (κ3) is 5.75. The minimum Gasteiger partial charge on any atom is -0.384 e. The van der Waals surface area contributed by atoms with Gasteiger partial charge in [0.2, 0.25) is 0 Å². The summed E-state index contributed by atoms with van der Waals surface area (Å²) in [5.74, 6) is 0.650. The molecule has 6 heteroatoms. The summed E-state index contributed by atoms with van der Waals surface area (Å²) in [6.07, 6.45) is 4.99. The Morgan fingerprint density at radius 3 is 2.87 bits per heavy atom. The van der Waals surface area contributed by atoms with Crippen molar-refractivity contribution in [1.82, 2.24) is 5.32 Å². The molecule has 0 heterocycles. The van der Waals surface area contributed by atoms with Crippen molar-refractivity contribution >= 4 is 23.3 Å². The molecular weight excluding hydrogens is 314 g/mol. The van der Waals surface area contributed by atoms with Crippen LogP contribution in [0.3, 0.4) is 0 Å². The lowest BCUT2D eigenvalue weighted by molar-refractivity contribution is -0.126. The average Bonchev–Trinajstić information content (AvgIpc) is 2.52. The Balaban J connectivity index is 1.74. The highest BCUT2D eigenvalue weighted by molar-refractivity contribution is 6.31. The molecule has 1 aliphatic rings. The third-order valence-electron chi connectivity index (χ3n) is 4.16. The van der Waals surface area contributed by atoms with E-state index < -0.39 is 0 Å². The Morgan fingerprint density at radius 2 is 2.13 bits per heavy atom. The van der Waals surface area contributed by atoms with Crippen LogP contribution in [0.15, 0.2) is 29.4 Å². The Kier molecular flexibility index (Phi) is 6.71. The second-order valence-corrected chi connectivity index (χ2v) is 6.47. The number of hydrogen-bond acceptors (Lipinski definition) is 3. The maximum atomic E-state index is 11.9. The highest BCUT2D eigenvalue weighted by atomic mass is 35.5. The van der Waals surface area contributed by atoms with Gasteiger partial charge < -0.3 is 15.9 Å². The van der Waals surface area contributed by atoms with Crippen LogP contribution < -0.4 is 11.1 Å². The minimum absolute atomic E-state index is 0.119. The Labute approximate surface area is 142 Å². The van der Waals surface area contributed by atoms with Crippen LogP contribution in [0.1, 0.15) is 38.2 Å². The van der Waals surface area contributed by atoms with Crippen LogP contribution in [-0.4, -0.2) is 24.4 Å². The van der Waals surface area contributed by atoms with Crippen molar-refractivity contribution in [3.8, 4) is 0 Å². The van der Waals surface area contributed by atoms with E-state index in [1.165, 1.54) is 12.8 Å². The molecule has 1 saturated carbocycles. The molecule has 126 valence electrons. The van der Waals surface area contributed by atoms with Crippen molar-refractivity contribution in [3.63, 3.8) is 0 Å². The summed E-state index contributed by atoms with van der Waals surface area (Å²) in [4.78, 5) is 16.9. The first kappa shape index (κ1) is 17.6. The molecular formula is C17H24ClN3O2. The standard InChI is InChI=1S/C17H24ClN3O2/c1-12-6-2-5-9-15(12)20-17(22)11-23-21-16(19)10-13-7-3-4-8-14(13)18/h3-4,7-8,12,15H,2,5-6,9-11H2,1H3,(H2,19,21)(H,20,22)/t12-,15-/m1/s1. The van der Waals surface area contributed by atoms with Crippen molar-refractivity contribution in [2.24, 2.45) is 16.8 Å². The number of carbonyl (C=O) groups excluding carboxylic acids is 1. The van der Waals surface area contributed by atoms with Crippen molar-refractivity contribution in [3.05, 3.63) is 34.9 Å². The van der Waals surface area contributed by atoms with Crippen LogP contribution in [0.25, 0.3) is 0 Å². The van der Waals surface area contributed by atoms with Gasteiger partial charge in [0.15, 0.2) is 6.61 Å². The second-order valence-electron chi connectivity index (χ2n) is 6.06. The number of halogens is 1. The quantitative estimate of drug-likeness (QED) is 0.476. The van der Waals surface area contributed by atoms with Gasteiger partial charge in [-0.3, -0.25) is 4.79 Å². The number of nitrogens with one attached hydrogen (secondary N) is 1. The number of oxime groups is 1. The van der Waals surface area contributed by atoms with Gasteiger partial charge in [-0.25, -0.2) is 0 Å². The predicted molar refractivity (Wildman–Crippen MR) is 92.3 cm³/mol. The molecule has 23 heavy (non-hydrogen) atoms. The lowest BCUT2D eigenvalue weighted by Crippen LogP contribution is -2.42. The monoisotopic (exact) mass is 337 g/mol. The molecule has 5 nitrogen and oxygen atoms in total. The molecule has 0 unspecified atom stereocenters. The van der Waals surface area contributed by atoms with Crippen LogP contribution in [0.5, 0.6) is 0 Å².